The number of ether oxygens (including phenoxy) is 1. The molecule has 106 valence electrons. The second-order valence-electron chi connectivity index (χ2n) is 4.37. The maximum Gasteiger partial charge on any atom is 0.165 e. The molecule has 0 bridgehead atoms. The fraction of sp³-hybridized carbons (Fsp3) is 0.200. The van der Waals surface area contributed by atoms with Crippen molar-refractivity contribution in [3.05, 3.63) is 59.4 Å². The van der Waals surface area contributed by atoms with Crippen molar-refractivity contribution in [1.82, 2.24) is 5.32 Å². The summed E-state index contributed by atoms with van der Waals surface area (Å²) in [6, 6.07) is 6.64. The highest BCUT2D eigenvalue weighted by molar-refractivity contribution is 5.40. The average molecular weight is 281 g/mol. The second-order valence-corrected chi connectivity index (χ2v) is 4.37. The van der Waals surface area contributed by atoms with Crippen LogP contribution in [0.1, 0.15) is 18.5 Å². The molecule has 2 rings (SSSR count). The Balaban J connectivity index is 2.40. The Hall–Kier alpha value is -2.01. The third kappa shape index (κ3) is 3.11. The molecule has 20 heavy (non-hydrogen) atoms. The molecule has 0 aliphatic carbocycles. The van der Waals surface area contributed by atoms with Crippen molar-refractivity contribution in [2.45, 2.75) is 13.0 Å². The summed E-state index contributed by atoms with van der Waals surface area (Å²) in [5, 5.41) is 2.95. The maximum atomic E-state index is 13.6. The SMILES string of the molecule is CNC(C)c1cc(F)ccc1Oc1cc(F)ccc1F. The number of halogens is 3. The van der Waals surface area contributed by atoms with Gasteiger partial charge < -0.3 is 10.1 Å². The third-order valence-corrected chi connectivity index (χ3v) is 2.98. The Bertz CT molecular complexity index is 616. The lowest BCUT2D eigenvalue weighted by atomic mass is 10.1. The zero-order valence-corrected chi connectivity index (χ0v) is 11.1. The zero-order chi connectivity index (χ0) is 14.7. The van der Waals surface area contributed by atoms with Gasteiger partial charge in [-0.2, -0.15) is 0 Å². The first-order valence-corrected chi connectivity index (χ1v) is 6.11. The standard InChI is InChI=1S/C15H14F3NO/c1-9(19-2)12-7-10(16)4-6-14(12)20-15-8-11(17)3-5-13(15)18/h3-9,19H,1-2H3. The molecule has 1 N–H and O–H groups in total. The van der Waals surface area contributed by atoms with Crippen LogP contribution < -0.4 is 10.1 Å². The quantitative estimate of drug-likeness (QED) is 0.908. The van der Waals surface area contributed by atoms with Crippen molar-refractivity contribution in [3.8, 4) is 11.5 Å². The summed E-state index contributed by atoms with van der Waals surface area (Å²) in [6.07, 6.45) is 0. The predicted octanol–water partition coefficient (Wildman–Crippen LogP) is 4.18. The summed E-state index contributed by atoms with van der Waals surface area (Å²) in [5.41, 5.74) is 0.524. The van der Waals surface area contributed by atoms with Crippen LogP contribution in [0, 0.1) is 17.5 Å². The molecule has 0 aliphatic heterocycles. The van der Waals surface area contributed by atoms with Gasteiger partial charge in [-0.05, 0) is 44.3 Å². The predicted molar refractivity (Wildman–Crippen MR) is 70.3 cm³/mol. The molecule has 0 fully saturated rings. The van der Waals surface area contributed by atoms with Gasteiger partial charge in [-0.1, -0.05) is 0 Å². The molecule has 2 aromatic rings. The van der Waals surface area contributed by atoms with Gasteiger partial charge in [-0.25, -0.2) is 13.2 Å². The van der Waals surface area contributed by atoms with Crippen LogP contribution >= 0.6 is 0 Å². The first kappa shape index (κ1) is 14.4. The van der Waals surface area contributed by atoms with Gasteiger partial charge in [0.2, 0.25) is 0 Å². The fourth-order valence-corrected chi connectivity index (χ4v) is 1.78. The van der Waals surface area contributed by atoms with E-state index < -0.39 is 17.5 Å². The Kier molecular flexibility index (Phi) is 4.29. The van der Waals surface area contributed by atoms with Crippen LogP contribution in [-0.4, -0.2) is 7.05 Å². The van der Waals surface area contributed by atoms with Crippen molar-refractivity contribution in [3.63, 3.8) is 0 Å². The van der Waals surface area contributed by atoms with Crippen LogP contribution in [0.3, 0.4) is 0 Å². The normalized spacial score (nSPS) is 12.2. The lowest BCUT2D eigenvalue weighted by Gasteiger charge is -2.16. The molecule has 5 heteroatoms. The molecule has 1 atom stereocenters. The number of nitrogens with one attached hydrogen (secondary N) is 1. The summed E-state index contributed by atoms with van der Waals surface area (Å²) >= 11 is 0. The van der Waals surface area contributed by atoms with E-state index in [0.29, 0.717) is 5.56 Å². The molecule has 2 nitrogen and oxygen atoms in total. The molecule has 0 saturated heterocycles. The van der Waals surface area contributed by atoms with Crippen molar-refractivity contribution in [2.75, 3.05) is 7.05 Å². The summed E-state index contributed by atoms with van der Waals surface area (Å²) in [5.74, 6) is -1.67. The van der Waals surface area contributed by atoms with Crippen molar-refractivity contribution < 1.29 is 17.9 Å². The summed E-state index contributed by atoms with van der Waals surface area (Å²) in [6.45, 7) is 1.81. The van der Waals surface area contributed by atoms with Crippen LogP contribution in [0.2, 0.25) is 0 Å². The van der Waals surface area contributed by atoms with Gasteiger partial charge in [0.05, 0.1) is 0 Å². The number of hydrogen-bond acceptors (Lipinski definition) is 2. The second kappa shape index (κ2) is 5.96. The number of rotatable bonds is 4. The van der Waals surface area contributed by atoms with Crippen molar-refractivity contribution in [1.29, 1.82) is 0 Å². The summed E-state index contributed by atoms with van der Waals surface area (Å²) < 4.78 is 45.4. The van der Waals surface area contributed by atoms with Crippen LogP contribution in [0.4, 0.5) is 13.2 Å². The first-order valence-electron chi connectivity index (χ1n) is 6.11. The lowest BCUT2D eigenvalue weighted by molar-refractivity contribution is 0.425. The molecular formula is C15H14F3NO. The Morgan fingerprint density at radius 1 is 0.950 bits per heavy atom. The van der Waals surface area contributed by atoms with E-state index in [2.05, 4.69) is 5.32 Å². The van der Waals surface area contributed by atoms with Gasteiger partial charge in [-0.15, -0.1) is 0 Å². The molecular weight excluding hydrogens is 267 g/mol. The van der Waals surface area contributed by atoms with Crippen molar-refractivity contribution >= 4 is 0 Å². The Labute approximate surface area is 115 Å². The minimum atomic E-state index is -0.682. The monoisotopic (exact) mass is 281 g/mol. The van der Waals surface area contributed by atoms with Crippen LogP contribution in [0.25, 0.3) is 0 Å². The smallest absolute Gasteiger partial charge is 0.165 e. The fourth-order valence-electron chi connectivity index (χ4n) is 1.78. The molecule has 2 aromatic carbocycles. The first-order chi connectivity index (χ1) is 9.51. The van der Waals surface area contributed by atoms with Crippen LogP contribution in [0.5, 0.6) is 11.5 Å². The molecule has 0 amide bonds. The largest absolute Gasteiger partial charge is 0.454 e. The van der Waals surface area contributed by atoms with E-state index in [9.17, 15) is 13.2 Å². The minimum absolute atomic E-state index is 0.197. The Morgan fingerprint density at radius 3 is 2.30 bits per heavy atom. The molecule has 1 unspecified atom stereocenters. The van der Waals surface area contributed by atoms with E-state index in [1.807, 2.05) is 6.92 Å². The molecule has 0 aliphatic rings. The van der Waals surface area contributed by atoms with E-state index in [-0.39, 0.29) is 17.5 Å². The van der Waals surface area contributed by atoms with Crippen LogP contribution in [-0.2, 0) is 0 Å². The van der Waals surface area contributed by atoms with Gasteiger partial charge in [0.15, 0.2) is 11.6 Å². The van der Waals surface area contributed by atoms with Gasteiger partial charge in [0.1, 0.15) is 17.4 Å². The third-order valence-electron chi connectivity index (χ3n) is 2.98. The van der Waals surface area contributed by atoms with Gasteiger partial charge in [0.25, 0.3) is 0 Å². The van der Waals surface area contributed by atoms with Crippen LogP contribution in [0.15, 0.2) is 36.4 Å². The van der Waals surface area contributed by atoms with E-state index in [4.69, 9.17) is 4.74 Å². The molecule has 0 radical (unpaired) electrons. The van der Waals surface area contributed by atoms with Gasteiger partial charge in [0, 0.05) is 17.7 Å². The van der Waals surface area contributed by atoms with Gasteiger partial charge >= 0.3 is 0 Å². The van der Waals surface area contributed by atoms with Gasteiger partial charge in [-0.3, -0.25) is 0 Å². The highest BCUT2D eigenvalue weighted by Crippen LogP contribution is 2.31. The highest BCUT2D eigenvalue weighted by atomic mass is 19.1. The van der Waals surface area contributed by atoms with E-state index >= 15 is 0 Å². The molecule has 0 aromatic heterocycles. The number of benzene rings is 2. The average Bonchev–Trinajstić information content (AvgIpc) is 2.43. The van der Waals surface area contributed by atoms with E-state index in [1.165, 1.54) is 18.2 Å². The highest BCUT2D eigenvalue weighted by Gasteiger charge is 2.14. The molecule has 0 spiro atoms. The van der Waals surface area contributed by atoms with E-state index in [1.54, 1.807) is 7.05 Å². The molecule has 0 heterocycles. The van der Waals surface area contributed by atoms with E-state index in [0.717, 1.165) is 18.2 Å². The van der Waals surface area contributed by atoms with Crippen molar-refractivity contribution in [2.24, 2.45) is 0 Å². The minimum Gasteiger partial charge on any atom is -0.454 e. The summed E-state index contributed by atoms with van der Waals surface area (Å²) in [7, 11) is 1.71. The summed E-state index contributed by atoms with van der Waals surface area (Å²) in [4.78, 5) is 0. The maximum absolute atomic E-state index is 13.6. The Morgan fingerprint density at radius 2 is 1.60 bits per heavy atom. The number of hydrogen-bond donors (Lipinski definition) is 1. The zero-order valence-electron chi connectivity index (χ0n) is 11.1. The topological polar surface area (TPSA) is 21.3 Å². The lowest BCUT2D eigenvalue weighted by Crippen LogP contribution is -2.13. The molecule has 0 saturated carbocycles.